The molecule has 1 amide bonds. The van der Waals surface area contributed by atoms with Crippen LogP contribution in [0.15, 0.2) is 71.8 Å². The van der Waals surface area contributed by atoms with Crippen LogP contribution in [0.3, 0.4) is 0 Å². The van der Waals surface area contributed by atoms with Gasteiger partial charge in [0.2, 0.25) is 5.91 Å². The molecule has 0 aliphatic carbocycles. The molecule has 4 rings (SSSR count). The number of carbonyl (C=O) groups is 1. The summed E-state index contributed by atoms with van der Waals surface area (Å²) in [5, 5.41) is 7.70. The number of aromatic nitrogens is 3. The minimum Gasteiger partial charge on any atom is -0.497 e. The molecule has 0 aliphatic heterocycles. The van der Waals surface area contributed by atoms with E-state index in [0.29, 0.717) is 21.9 Å². The van der Waals surface area contributed by atoms with Crippen molar-refractivity contribution < 1.29 is 9.53 Å². The van der Waals surface area contributed by atoms with Crippen molar-refractivity contribution in [1.82, 2.24) is 14.2 Å². The third kappa shape index (κ3) is 4.00. The maximum atomic E-state index is 12.8. The molecule has 146 valence electrons. The van der Waals surface area contributed by atoms with E-state index < -0.39 is 0 Å². The number of nitrogens with zero attached hydrogens (tertiary/aromatic N) is 3. The van der Waals surface area contributed by atoms with Crippen LogP contribution in [0.2, 0.25) is 5.02 Å². The lowest BCUT2D eigenvalue weighted by atomic mass is 10.1. The Morgan fingerprint density at radius 2 is 1.93 bits per heavy atom. The number of fused-ring (bicyclic) bond motifs is 1. The van der Waals surface area contributed by atoms with E-state index in [-0.39, 0.29) is 18.0 Å². The maximum absolute atomic E-state index is 12.8. The first kappa shape index (κ1) is 18.8. The van der Waals surface area contributed by atoms with E-state index in [1.165, 1.54) is 15.3 Å². The Bertz CT molecular complexity index is 1250. The van der Waals surface area contributed by atoms with Gasteiger partial charge in [-0.1, -0.05) is 17.7 Å². The number of nitrogens with one attached hydrogen (secondary N) is 1. The molecule has 0 saturated heterocycles. The first-order valence-corrected chi connectivity index (χ1v) is 9.20. The summed E-state index contributed by atoms with van der Waals surface area (Å²) in [7, 11) is 1.60. The van der Waals surface area contributed by atoms with E-state index in [2.05, 4.69) is 10.4 Å². The number of ether oxygens (including phenoxy) is 1. The zero-order valence-corrected chi connectivity index (χ0v) is 16.3. The van der Waals surface area contributed by atoms with E-state index in [0.717, 1.165) is 11.3 Å². The molecule has 0 atom stereocenters. The first-order chi connectivity index (χ1) is 14.0. The predicted molar refractivity (Wildman–Crippen MR) is 112 cm³/mol. The molecule has 29 heavy (non-hydrogen) atoms. The Balaban J connectivity index is 1.58. The van der Waals surface area contributed by atoms with Gasteiger partial charge in [-0.3, -0.25) is 9.59 Å². The number of rotatable bonds is 5. The predicted octanol–water partition coefficient (Wildman–Crippen LogP) is 3.46. The van der Waals surface area contributed by atoms with Gasteiger partial charge in [0.15, 0.2) is 0 Å². The van der Waals surface area contributed by atoms with Crippen molar-refractivity contribution in [2.24, 2.45) is 0 Å². The summed E-state index contributed by atoms with van der Waals surface area (Å²) in [5.74, 6) is 0.416. The van der Waals surface area contributed by atoms with Crippen molar-refractivity contribution in [1.29, 1.82) is 0 Å². The monoisotopic (exact) mass is 408 g/mol. The van der Waals surface area contributed by atoms with Crippen LogP contribution in [-0.4, -0.2) is 27.2 Å². The minimum atomic E-state index is -0.325. The fraction of sp³-hybridized carbons (Fsp3) is 0.0952. The van der Waals surface area contributed by atoms with Gasteiger partial charge in [-0.15, -0.1) is 0 Å². The lowest BCUT2D eigenvalue weighted by molar-refractivity contribution is -0.116. The average molecular weight is 409 g/mol. The quantitative estimate of drug-likeness (QED) is 0.548. The van der Waals surface area contributed by atoms with E-state index in [1.54, 1.807) is 43.6 Å². The largest absolute Gasteiger partial charge is 0.497 e. The standard InChI is InChI=1S/C21H17ClN4O3/c1-29-17-7-5-14(6-8-17)18-12-19-21(28)25(9-10-26(19)24-18)13-20(27)23-16-4-2-3-15(22)11-16/h2-12H,13H2,1H3,(H,23,27). The zero-order valence-electron chi connectivity index (χ0n) is 15.5. The highest BCUT2D eigenvalue weighted by Crippen LogP contribution is 2.21. The molecule has 2 aromatic carbocycles. The number of hydrogen-bond acceptors (Lipinski definition) is 4. The van der Waals surface area contributed by atoms with Gasteiger partial charge in [-0.2, -0.15) is 5.10 Å². The second-order valence-electron chi connectivity index (χ2n) is 6.38. The molecule has 2 heterocycles. The Morgan fingerprint density at radius 3 is 2.66 bits per heavy atom. The van der Waals surface area contributed by atoms with Gasteiger partial charge in [0.05, 0.1) is 12.8 Å². The van der Waals surface area contributed by atoms with Crippen molar-refractivity contribution >= 4 is 28.7 Å². The maximum Gasteiger partial charge on any atom is 0.277 e. The molecule has 7 nitrogen and oxygen atoms in total. The smallest absolute Gasteiger partial charge is 0.277 e. The third-order valence-electron chi connectivity index (χ3n) is 4.41. The third-order valence-corrected chi connectivity index (χ3v) is 4.65. The van der Waals surface area contributed by atoms with E-state index >= 15 is 0 Å². The summed E-state index contributed by atoms with van der Waals surface area (Å²) in [6.45, 7) is -0.120. The minimum absolute atomic E-state index is 0.120. The zero-order chi connectivity index (χ0) is 20.4. The molecular weight excluding hydrogens is 392 g/mol. The van der Waals surface area contributed by atoms with Crippen molar-refractivity contribution in [2.75, 3.05) is 12.4 Å². The number of amides is 1. The molecular formula is C21H17ClN4O3. The van der Waals surface area contributed by atoms with Gasteiger partial charge in [0.25, 0.3) is 5.56 Å². The van der Waals surface area contributed by atoms with E-state index in [9.17, 15) is 9.59 Å². The van der Waals surface area contributed by atoms with Crippen molar-refractivity contribution in [3.05, 3.63) is 82.4 Å². The first-order valence-electron chi connectivity index (χ1n) is 8.82. The van der Waals surface area contributed by atoms with E-state index in [4.69, 9.17) is 16.3 Å². The SMILES string of the molecule is COc1ccc(-c2cc3c(=O)n(CC(=O)Nc4cccc(Cl)c4)ccn3n2)cc1. The fourth-order valence-corrected chi connectivity index (χ4v) is 3.17. The molecule has 0 fully saturated rings. The molecule has 4 aromatic rings. The van der Waals surface area contributed by atoms with Crippen LogP contribution in [-0.2, 0) is 11.3 Å². The molecule has 8 heteroatoms. The number of methoxy groups -OCH3 is 1. The van der Waals surface area contributed by atoms with Crippen LogP contribution in [0.5, 0.6) is 5.75 Å². The summed E-state index contributed by atoms with van der Waals surface area (Å²) in [6.07, 6.45) is 3.19. The molecule has 0 unspecified atom stereocenters. The molecule has 0 spiro atoms. The number of anilines is 1. The van der Waals surface area contributed by atoms with Gasteiger partial charge >= 0.3 is 0 Å². The van der Waals surface area contributed by atoms with Crippen LogP contribution in [0.4, 0.5) is 5.69 Å². The molecule has 1 N–H and O–H groups in total. The second-order valence-corrected chi connectivity index (χ2v) is 6.81. The van der Waals surface area contributed by atoms with Gasteiger partial charge in [-0.25, -0.2) is 4.52 Å². The number of halogens is 1. The summed E-state index contributed by atoms with van der Waals surface area (Å²) in [5.41, 5.74) is 2.17. The average Bonchev–Trinajstić information content (AvgIpc) is 3.15. The lowest BCUT2D eigenvalue weighted by Crippen LogP contribution is -2.28. The Morgan fingerprint density at radius 1 is 1.14 bits per heavy atom. The fourth-order valence-electron chi connectivity index (χ4n) is 2.98. The van der Waals surface area contributed by atoms with Gasteiger partial charge < -0.3 is 14.6 Å². The Labute approximate surface area is 171 Å². The summed E-state index contributed by atoms with van der Waals surface area (Å²) < 4.78 is 8.01. The van der Waals surface area contributed by atoms with Crippen LogP contribution >= 0.6 is 11.6 Å². The Hall–Kier alpha value is -3.58. The van der Waals surface area contributed by atoms with Crippen molar-refractivity contribution in [2.45, 2.75) is 6.54 Å². The van der Waals surface area contributed by atoms with E-state index in [1.807, 2.05) is 24.3 Å². The summed E-state index contributed by atoms with van der Waals surface area (Å²) >= 11 is 5.93. The van der Waals surface area contributed by atoms with Crippen LogP contribution in [0, 0.1) is 0 Å². The second kappa shape index (κ2) is 7.81. The summed E-state index contributed by atoms with van der Waals surface area (Å²) in [6, 6.07) is 15.9. The molecule has 2 aromatic heterocycles. The Kier molecular flexibility index (Phi) is 5.05. The number of benzene rings is 2. The summed E-state index contributed by atoms with van der Waals surface area (Å²) in [4.78, 5) is 25.1. The molecule has 0 radical (unpaired) electrons. The van der Waals surface area contributed by atoms with Crippen LogP contribution in [0.25, 0.3) is 16.8 Å². The highest BCUT2D eigenvalue weighted by Gasteiger charge is 2.12. The molecule has 0 bridgehead atoms. The van der Waals surface area contributed by atoms with Gasteiger partial charge in [0, 0.05) is 28.7 Å². The van der Waals surface area contributed by atoms with Gasteiger partial charge in [0.1, 0.15) is 17.8 Å². The van der Waals surface area contributed by atoms with Gasteiger partial charge in [-0.05, 0) is 48.5 Å². The topological polar surface area (TPSA) is 77.6 Å². The molecule has 0 saturated carbocycles. The number of carbonyl (C=O) groups excluding carboxylic acids is 1. The molecule has 0 aliphatic rings. The van der Waals surface area contributed by atoms with Crippen molar-refractivity contribution in [3.63, 3.8) is 0 Å². The normalized spacial score (nSPS) is 10.8. The highest BCUT2D eigenvalue weighted by molar-refractivity contribution is 6.30. The number of hydrogen-bond donors (Lipinski definition) is 1. The van der Waals surface area contributed by atoms with Crippen LogP contribution in [0.1, 0.15) is 0 Å². The van der Waals surface area contributed by atoms with Crippen LogP contribution < -0.4 is 15.6 Å². The lowest BCUT2D eigenvalue weighted by Gasteiger charge is -2.08. The highest BCUT2D eigenvalue weighted by atomic mass is 35.5. The van der Waals surface area contributed by atoms with Crippen molar-refractivity contribution in [3.8, 4) is 17.0 Å².